The van der Waals surface area contributed by atoms with E-state index < -0.39 is 62.8 Å². The van der Waals surface area contributed by atoms with Crippen molar-refractivity contribution in [1.29, 1.82) is 0 Å². The van der Waals surface area contributed by atoms with Crippen molar-refractivity contribution >= 4 is 23.9 Å². The summed E-state index contributed by atoms with van der Waals surface area (Å²) in [5, 5.41) is 46.8. The van der Waals surface area contributed by atoms with Gasteiger partial charge in [-0.25, -0.2) is 0 Å². The quantitative estimate of drug-likeness (QED) is 0.173. The van der Waals surface area contributed by atoms with Crippen LogP contribution in [0.3, 0.4) is 0 Å². The standard InChI is InChI=1S/C12H21N3O9/c16-2-1-15(7-12(23)24)8(13-3-9(17)18)4-14(5-10(19)20)6-11(21)22/h8,13,16H,1-7H2,(H,17,18)(H,19,20)(H,21,22)(H,23,24). The number of aliphatic carboxylic acids is 4. The number of rotatable bonds is 14. The molecule has 0 heterocycles. The van der Waals surface area contributed by atoms with E-state index in [9.17, 15) is 19.2 Å². The van der Waals surface area contributed by atoms with E-state index >= 15 is 0 Å². The van der Waals surface area contributed by atoms with Crippen molar-refractivity contribution in [2.45, 2.75) is 6.17 Å². The van der Waals surface area contributed by atoms with Crippen LogP contribution in [0, 0.1) is 0 Å². The Morgan fingerprint density at radius 3 is 1.71 bits per heavy atom. The lowest BCUT2D eigenvalue weighted by atomic mass is 10.3. The van der Waals surface area contributed by atoms with E-state index in [1.165, 1.54) is 4.90 Å². The molecular formula is C12H21N3O9. The Hall–Kier alpha value is -2.28. The molecule has 0 aliphatic heterocycles. The largest absolute Gasteiger partial charge is 0.480 e. The third kappa shape index (κ3) is 10.4. The molecule has 1 unspecified atom stereocenters. The molecule has 0 rings (SSSR count). The second kappa shape index (κ2) is 11.3. The molecule has 0 aliphatic rings. The predicted molar refractivity (Wildman–Crippen MR) is 77.4 cm³/mol. The fraction of sp³-hybridized carbons (Fsp3) is 0.667. The molecule has 24 heavy (non-hydrogen) atoms. The van der Waals surface area contributed by atoms with Gasteiger partial charge in [0.25, 0.3) is 0 Å². The maximum absolute atomic E-state index is 10.9. The summed E-state index contributed by atoms with van der Waals surface area (Å²) in [6.07, 6.45) is -0.983. The van der Waals surface area contributed by atoms with Crippen molar-refractivity contribution in [3.63, 3.8) is 0 Å². The highest BCUT2D eigenvalue weighted by atomic mass is 16.4. The van der Waals surface area contributed by atoms with E-state index in [0.717, 1.165) is 4.90 Å². The summed E-state index contributed by atoms with van der Waals surface area (Å²) >= 11 is 0. The molecule has 6 N–H and O–H groups in total. The lowest BCUT2D eigenvalue weighted by molar-refractivity contribution is -0.144. The Kier molecular flexibility index (Phi) is 10.2. The molecule has 0 fully saturated rings. The number of aliphatic hydroxyl groups excluding tert-OH is 1. The summed E-state index contributed by atoms with van der Waals surface area (Å²) in [5.74, 6) is -5.06. The molecule has 12 heteroatoms. The van der Waals surface area contributed by atoms with Gasteiger partial charge in [0, 0.05) is 13.1 Å². The number of nitrogens with one attached hydrogen (secondary N) is 1. The fourth-order valence-electron chi connectivity index (χ4n) is 1.97. The van der Waals surface area contributed by atoms with Gasteiger partial charge in [-0.05, 0) is 0 Å². The number of hydrogen-bond acceptors (Lipinski definition) is 8. The topological polar surface area (TPSA) is 188 Å². The third-order valence-corrected chi connectivity index (χ3v) is 2.80. The highest BCUT2D eigenvalue weighted by Crippen LogP contribution is 2.01. The van der Waals surface area contributed by atoms with Crippen LogP contribution in [0.4, 0.5) is 0 Å². The lowest BCUT2D eigenvalue weighted by Gasteiger charge is -2.33. The molecule has 0 bridgehead atoms. The van der Waals surface area contributed by atoms with Gasteiger partial charge in [0.1, 0.15) is 0 Å². The first-order valence-electron chi connectivity index (χ1n) is 6.83. The minimum Gasteiger partial charge on any atom is -0.480 e. The molecule has 0 amide bonds. The number of carboxylic acid groups (broad SMARTS) is 4. The average molecular weight is 351 g/mol. The summed E-state index contributed by atoms with van der Waals surface area (Å²) in [5.41, 5.74) is 0. The maximum Gasteiger partial charge on any atom is 0.317 e. The van der Waals surface area contributed by atoms with Gasteiger partial charge in [0.2, 0.25) is 0 Å². The summed E-state index contributed by atoms with van der Waals surface area (Å²) in [4.78, 5) is 45.4. The first-order chi connectivity index (χ1) is 11.1. The minimum atomic E-state index is -1.29. The van der Waals surface area contributed by atoms with Gasteiger partial charge >= 0.3 is 23.9 Å². The monoisotopic (exact) mass is 351 g/mol. The van der Waals surface area contributed by atoms with Crippen LogP contribution < -0.4 is 5.32 Å². The number of carbonyl (C=O) groups is 4. The van der Waals surface area contributed by atoms with Crippen molar-refractivity contribution < 1.29 is 44.7 Å². The Morgan fingerprint density at radius 2 is 1.33 bits per heavy atom. The Bertz CT molecular complexity index is 441. The molecule has 0 spiro atoms. The highest BCUT2D eigenvalue weighted by Gasteiger charge is 2.25. The van der Waals surface area contributed by atoms with Gasteiger partial charge in [0.15, 0.2) is 0 Å². The van der Waals surface area contributed by atoms with Crippen molar-refractivity contribution in [2.75, 3.05) is 45.9 Å². The molecule has 138 valence electrons. The lowest BCUT2D eigenvalue weighted by Crippen LogP contribution is -2.56. The first-order valence-corrected chi connectivity index (χ1v) is 6.83. The highest BCUT2D eigenvalue weighted by molar-refractivity contribution is 5.72. The molecule has 0 aliphatic carbocycles. The van der Waals surface area contributed by atoms with Crippen LogP contribution in [0.25, 0.3) is 0 Å². The van der Waals surface area contributed by atoms with Gasteiger partial charge in [-0.1, -0.05) is 0 Å². The van der Waals surface area contributed by atoms with Crippen LogP contribution in [0.1, 0.15) is 0 Å². The van der Waals surface area contributed by atoms with Gasteiger partial charge in [0.05, 0.1) is 39.0 Å². The molecule has 0 saturated carbocycles. The van der Waals surface area contributed by atoms with E-state index in [1.807, 2.05) is 0 Å². The fourth-order valence-corrected chi connectivity index (χ4v) is 1.97. The van der Waals surface area contributed by atoms with E-state index in [2.05, 4.69) is 5.32 Å². The van der Waals surface area contributed by atoms with Crippen LogP contribution in [0.2, 0.25) is 0 Å². The van der Waals surface area contributed by atoms with Crippen molar-refractivity contribution in [3.05, 3.63) is 0 Å². The maximum atomic E-state index is 10.9. The molecule has 12 nitrogen and oxygen atoms in total. The van der Waals surface area contributed by atoms with E-state index in [1.54, 1.807) is 0 Å². The van der Waals surface area contributed by atoms with Crippen LogP contribution in [0.5, 0.6) is 0 Å². The summed E-state index contributed by atoms with van der Waals surface area (Å²) in [7, 11) is 0. The number of aliphatic hydroxyl groups is 1. The smallest absolute Gasteiger partial charge is 0.317 e. The Labute approximate surface area is 136 Å². The summed E-state index contributed by atoms with van der Waals surface area (Å²) < 4.78 is 0. The first kappa shape index (κ1) is 21.7. The zero-order valence-corrected chi connectivity index (χ0v) is 12.8. The third-order valence-electron chi connectivity index (χ3n) is 2.80. The van der Waals surface area contributed by atoms with Crippen molar-refractivity contribution in [1.82, 2.24) is 15.1 Å². The summed E-state index contributed by atoms with van der Waals surface area (Å²) in [6.45, 7) is -3.17. The van der Waals surface area contributed by atoms with Crippen LogP contribution in [-0.2, 0) is 19.2 Å². The predicted octanol–water partition coefficient (Wildman–Crippen LogP) is -3.16. The molecule has 0 aromatic rings. The minimum absolute atomic E-state index is 0.127. The number of hydrogen-bond donors (Lipinski definition) is 6. The van der Waals surface area contributed by atoms with Crippen LogP contribution >= 0.6 is 0 Å². The second-order valence-corrected chi connectivity index (χ2v) is 4.84. The van der Waals surface area contributed by atoms with Gasteiger partial charge in [-0.15, -0.1) is 0 Å². The van der Waals surface area contributed by atoms with E-state index in [0.29, 0.717) is 0 Å². The van der Waals surface area contributed by atoms with Gasteiger partial charge in [-0.2, -0.15) is 0 Å². The SMILES string of the molecule is O=C(O)CNC(CN(CC(=O)O)CC(=O)O)N(CCO)CC(=O)O. The zero-order chi connectivity index (χ0) is 18.7. The van der Waals surface area contributed by atoms with Crippen molar-refractivity contribution in [3.8, 4) is 0 Å². The molecule has 1 atom stereocenters. The summed E-state index contributed by atoms with van der Waals surface area (Å²) in [6, 6.07) is 0. The molecule has 0 saturated heterocycles. The Balaban J connectivity index is 5.21. The zero-order valence-electron chi connectivity index (χ0n) is 12.8. The Morgan fingerprint density at radius 1 is 0.833 bits per heavy atom. The molecule has 0 radical (unpaired) electrons. The van der Waals surface area contributed by atoms with Crippen molar-refractivity contribution in [2.24, 2.45) is 0 Å². The average Bonchev–Trinajstić information content (AvgIpc) is 2.40. The normalized spacial score (nSPS) is 12.3. The molecule has 0 aromatic heterocycles. The van der Waals surface area contributed by atoms with Crippen LogP contribution in [-0.4, -0.2) is 111 Å². The molecular weight excluding hydrogens is 330 g/mol. The second-order valence-electron chi connectivity index (χ2n) is 4.84. The number of nitrogens with zero attached hydrogens (tertiary/aromatic N) is 2. The number of carboxylic acids is 4. The van der Waals surface area contributed by atoms with E-state index in [4.69, 9.17) is 25.5 Å². The van der Waals surface area contributed by atoms with Gasteiger partial charge in [-0.3, -0.25) is 34.3 Å². The van der Waals surface area contributed by atoms with Gasteiger partial charge < -0.3 is 25.5 Å². The molecule has 0 aromatic carbocycles. The van der Waals surface area contributed by atoms with Crippen LogP contribution in [0.15, 0.2) is 0 Å². The van der Waals surface area contributed by atoms with E-state index in [-0.39, 0.29) is 13.1 Å².